The molecule has 0 aliphatic heterocycles. The van der Waals surface area contributed by atoms with Gasteiger partial charge in [0.1, 0.15) is 0 Å². The van der Waals surface area contributed by atoms with Crippen LogP contribution >= 0.6 is 7.60 Å². The fourth-order valence-electron chi connectivity index (χ4n) is 4.92. The van der Waals surface area contributed by atoms with Crippen LogP contribution in [0.25, 0.3) is 0 Å². The van der Waals surface area contributed by atoms with Crippen LogP contribution in [0.5, 0.6) is 0 Å². The van der Waals surface area contributed by atoms with Gasteiger partial charge >= 0.3 is 7.60 Å². The van der Waals surface area contributed by atoms with Crippen LogP contribution in [-0.4, -0.2) is 42.9 Å². The molecule has 0 bridgehead atoms. The molecule has 35 heavy (non-hydrogen) atoms. The molecule has 0 aromatic carbocycles. The van der Waals surface area contributed by atoms with Gasteiger partial charge in [0, 0.05) is 6.42 Å². The Bertz CT molecular complexity index is 530. The van der Waals surface area contributed by atoms with Crippen LogP contribution < -0.4 is 0 Å². The Labute approximate surface area is 220 Å². The summed E-state index contributed by atoms with van der Waals surface area (Å²) >= 11 is 0. The van der Waals surface area contributed by atoms with Crippen LogP contribution in [0.4, 0.5) is 0 Å². The minimum Gasteiger partial charge on any atom is -0.320 e. The maximum absolute atomic E-state index is 12.5. The molecule has 0 rings (SSSR count). The molecular formula is C30H63NO3P+. The topological polar surface area (TPSA) is 46.5 Å². The van der Waals surface area contributed by atoms with Gasteiger partial charge in [-0.1, -0.05) is 129 Å². The Kier molecular flexibility index (Phi) is 22.9. The van der Waals surface area contributed by atoms with E-state index in [0.717, 1.165) is 19.3 Å². The molecule has 0 saturated heterocycles. The molecule has 0 aromatic heterocycles. The van der Waals surface area contributed by atoms with Gasteiger partial charge in [-0.2, -0.15) is 0 Å². The summed E-state index contributed by atoms with van der Waals surface area (Å²) in [6.07, 6.45) is 32.0. The third kappa shape index (κ3) is 21.6. The van der Waals surface area contributed by atoms with Crippen molar-refractivity contribution in [3.8, 4) is 0 Å². The highest BCUT2D eigenvalue weighted by Gasteiger charge is 2.41. The average Bonchev–Trinajstić information content (AvgIpc) is 2.78. The highest BCUT2D eigenvalue weighted by Crippen LogP contribution is 2.51. The molecule has 0 radical (unpaired) electrons. The van der Waals surface area contributed by atoms with Gasteiger partial charge in [-0.25, -0.2) is 0 Å². The number of hydrogen-bond acceptors (Lipinski definition) is 2. The summed E-state index contributed by atoms with van der Waals surface area (Å²) in [6, 6.07) is 0. The predicted molar refractivity (Wildman–Crippen MR) is 155 cm³/mol. The second-order valence-electron chi connectivity index (χ2n) is 11.5. The first-order valence-corrected chi connectivity index (χ1v) is 16.8. The molecule has 2 atom stereocenters. The van der Waals surface area contributed by atoms with E-state index in [2.05, 4.69) is 19.1 Å². The van der Waals surface area contributed by atoms with E-state index in [1.165, 1.54) is 109 Å². The van der Waals surface area contributed by atoms with Gasteiger partial charge in [0.05, 0.1) is 27.7 Å². The molecule has 2 unspecified atom stereocenters. The molecule has 0 saturated carbocycles. The zero-order valence-electron chi connectivity index (χ0n) is 24.4. The Morgan fingerprint density at radius 1 is 0.657 bits per heavy atom. The molecule has 1 N–H and O–H groups in total. The van der Waals surface area contributed by atoms with Crippen LogP contribution in [0, 0.1) is 0 Å². The highest BCUT2D eigenvalue weighted by atomic mass is 31.2. The van der Waals surface area contributed by atoms with Crippen LogP contribution in [0.15, 0.2) is 12.2 Å². The van der Waals surface area contributed by atoms with Crippen molar-refractivity contribution in [1.29, 1.82) is 0 Å². The van der Waals surface area contributed by atoms with E-state index >= 15 is 0 Å². The zero-order chi connectivity index (χ0) is 26.3. The van der Waals surface area contributed by atoms with Gasteiger partial charge in [-0.05, 0) is 25.7 Å². The Morgan fingerprint density at radius 2 is 1.03 bits per heavy atom. The maximum atomic E-state index is 12.5. The first kappa shape index (κ1) is 34.9. The number of nitrogens with zero attached hydrogens (tertiary/aromatic N) is 1. The molecule has 0 amide bonds. The Hall–Kier alpha value is -0.150. The molecule has 0 heterocycles. The second-order valence-corrected chi connectivity index (χ2v) is 13.4. The lowest BCUT2D eigenvalue weighted by molar-refractivity contribution is -0.883. The molecule has 4 nitrogen and oxygen atoms in total. The van der Waals surface area contributed by atoms with Crippen LogP contribution in [0.3, 0.4) is 0 Å². The summed E-state index contributed by atoms with van der Waals surface area (Å²) in [5, 5.41) is 0. The van der Waals surface area contributed by atoms with Gasteiger partial charge in [-0.15, -0.1) is 0 Å². The monoisotopic (exact) mass is 516 g/mol. The fraction of sp³-hybridized carbons (Fsp3) is 0.933. The summed E-state index contributed by atoms with van der Waals surface area (Å²) in [7, 11) is 2.27. The number of rotatable bonds is 26. The lowest BCUT2D eigenvalue weighted by atomic mass is 10.0. The minimum absolute atomic E-state index is 0.355. The normalized spacial score (nSPS) is 15.0. The zero-order valence-corrected chi connectivity index (χ0v) is 25.3. The van der Waals surface area contributed by atoms with Crippen LogP contribution in [-0.2, 0) is 9.09 Å². The molecule has 210 valence electrons. The number of unbranched alkanes of at least 4 members (excludes halogenated alkanes) is 18. The van der Waals surface area contributed by atoms with Crippen molar-refractivity contribution in [2.75, 3.05) is 27.7 Å². The van der Waals surface area contributed by atoms with Crippen molar-refractivity contribution in [3.05, 3.63) is 12.2 Å². The van der Waals surface area contributed by atoms with Gasteiger partial charge in [-0.3, -0.25) is 4.57 Å². The third-order valence-electron chi connectivity index (χ3n) is 7.07. The van der Waals surface area contributed by atoms with Crippen molar-refractivity contribution >= 4 is 7.60 Å². The Morgan fingerprint density at radius 3 is 1.40 bits per heavy atom. The smallest absolute Gasteiger partial charge is 0.320 e. The van der Waals surface area contributed by atoms with E-state index in [1.807, 2.05) is 28.1 Å². The molecule has 0 aliphatic rings. The largest absolute Gasteiger partial charge is 0.385 e. The molecule has 5 heteroatoms. The number of hydrogen-bond donors (Lipinski definition) is 1. The predicted octanol–water partition coefficient (Wildman–Crippen LogP) is 10.0. The standard InChI is InChI=1S/C30H62NO3P/c1-6-8-9-10-11-12-13-14-15-16-17-18-19-20-21-22-23-24-25-26-27-28-29-34-35(32,33)30(7-2)31(3,4)5/h25-26,30H,6-24,27-29H2,1-5H3/p+1. The lowest BCUT2D eigenvalue weighted by Crippen LogP contribution is -2.44. The third-order valence-corrected chi connectivity index (χ3v) is 9.43. The van der Waals surface area contributed by atoms with E-state index in [9.17, 15) is 9.46 Å². The first-order chi connectivity index (χ1) is 16.8. The lowest BCUT2D eigenvalue weighted by Gasteiger charge is -2.35. The van der Waals surface area contributed by atoms with Gasteiger partial charge in [0.15, 0.2) is 5.78 Å². The van der Waals surface area contributed by atoms with E-state index in [0.29, 0.717) is 17.5 Å². The molecule has 0 aromatic rings. The number of quaternary nitrogens is 1. The summed E-state index contributed by atoms with van der Waals surface area (Å²) in [5.74, 6) is -0.363. The minimum atomic E-state index is -3.57. The van der Waals surface area contributed by atoms with Gasteiger partial charge in [0.25, 0.3) is 0 Å². The fourth-order valence-corrected chi connectivity index (χ4v) is 6.82. The summed E-state index contributed by atoms with van der Waals surface area (Å²) < 4.78 is 18.4. The van der Waals surface area contributed by atoms with Crippen molar-refractivity contribution in [3.63, 3.8) is 0 Å². The first-order valence-electron chi connectivity index (χ1n) is 15.2. The van der Waals surface area contributed by atoms with Crippen LogP contribution in [0.1, 0.15) is 149 Å². The summed E-state index contributed by atoms with van der Waals surface area (Å²) in [5.41, 5.74) is 0. The summed E-state index contributed by atoms with van der Waals surface area (Å²) in [6.45, 7) is 4.59. The number of allylic oxidation sites excluding steroid dienone is 2. The van der Waals surface area contributed by atoms with Gasteiger partial charge < -0.3 is 13.9 Å². The van der Waals surface area contributed by atoms with Gasteiger partial charge in [0.2, 0.25) is 0 Å². The van der Waals surface area contributed by atoms with Crippen molar-refractivity contribution in [1.82, 2.24) is 0 Å². The van der Waals surface area contributed by atoms with E-state index < -0.39 is 7.60 Å². The molecule has 0 fully saturated rings. The molecule has 0 aliphatic carbocycles. The quantitative estimate of drug-likeness (QED) is 0.0538. The Balaban J connectivity index is 3.41. The van der Waals surface area contributed by atoms with E-state index in [4.69, 9.17) is 4.52 Å². The van der Waals surface area contributed by atoms with Crippen molar-refractivity contribution < 1.29 is 18.5 Å². The average molecular weight is 517 g/mol. The van der Waals surface area contributed by atoms with Crippen LogP contribution in [0.2, 0.25) is 0 Å². The van der Waals surface area contributed by atoms with Crippen molar-refractivity contribution in [2.45, 2.75) is 154 Å². The van der Waals surface area contributed by atoms with E-state index in [1.54, 1.807) is 0 Å². The summed E-state index contributed by atoms with van der Waals surface area (Å²) in [4.78, 5) is 10.3. The highest BCUT2D eigenvalue weighted by molar-refractivity contribution is 7.53. The van der Waals surface area contributed by atoms with E-state index in [-0.39, 0.29) is 5.78 Å². The SMILES string of the molecule is CCCCCCCCCCCCCCCCCCCC=CCCCOP(=O)(O)C(CC)[N+](C)(C)C. The maximum Gasteiger partial charge on any atom is 0.385 e. The molecule has 0 spiro atoms. The van der Waals surface area contributed by atoms with Crippen molar-refractivity contribution in [2.24, 2.45) is 0 Å². The molecular weight excluding hydrogens is 453 g/mol. The second kappa shape index (κ2) is 23.0.